The van der Waals surface area contributed by atoms with Crippen LogP contribution < -0.4 is 5.32 Å². The molecule has 12 heavy (non-hydrogen) atoms. The molecule has 0 fully saturated rings. The van der Waals surface area contributed by atoms with Gasteiger partial charge in [0.25, 0.3) is 0 Å². The Morgan fingerprint density at radius 1 is 1.42 bits per heavy atom. The molecule has 0 saturated carbocycles. The van der Waals surface area contributed by atoms with E-state index < -0.39 is 0 Å². The lowest BCUT2D eigenvalue weighted by Crippen LogP contribution is -2.42. The largest absolute Gasteiger partial charge is 0.354 e. The van der Waals surface area contributed by atoms with Gasteiger partial charge in [0.2, 0.25) is 0 Å². The molecule has 3 heteroatoms. The fourth-order valence-electron chi connectivity index (χ4n) is 0.834. The molecule has 0 rings (SSSR count). The lowest BCUT2D eigenvalue weighted by molar-refractivity contribution is 0.496. The number of hydrogen-bond acceptors (Lipinski definition) is 1. The van der Waals surface area contributed by atoms with Crippen molar-refractivity contribution >= 4 is 5.96 Å². The first-order chi connectivity index (χ1) is 5.61. The Labute approximate surface area is 75.9 Å². The highest BCUT2D eigenvalue weighted by Gasteiger charge is 2.03. The Kier molecular flexibility index (Phi) is 5.51. The predicted molar refractivity (Wildman–Crippen MR) is 54.6 cm³/mol. The van der Waals surface area contributed by atoms with Gasteiger partial charge in [0.05, 0.1) is 0 Å². The molecule has 1 N–H and O–H groups in total. The third kappa shape index (κ3) is 4.21. The summed E-state index contributed by atoms with van der Waals surface area (Å²) in [5.74, 6) is 0.995. The first-order valence-corrected chi connectivity index (χ1v) is 4.63. The van der Waals surface area contributed by atoms with Crippen molar-refractivity contribution in [2.75, 3.05) is 20.1 Å². The molecular formula is C9H21N3. The number of rotatable bonds is 3. The monoisotopic (exact) mass is 171 g/mol. The zero-order valence-corrected chi connectivity index (χ0v) is 8.89. The lowest BCUT2D eigenvalue weighted by Gasteiger charge is -2.22. The number of aliphatic imine (C=N–C) groups is 1. The third-order valence-corrected chi connectivity index (χ3v) is 1.56. The van der Waals surface area contributed by atoms with Gasteiger partial charge in [0, 0.05) is 26.2 Å². The van der Waals surface area contributed by atoms with Gasteiger partial charge in [0.15, 0.2) is 5.96 Å². The molecule has 0 saturated heterocycles. The van der Waals surface area contributed by atoms with Crippen LogP contribution in [0.4, 0.5) is 0 Å². The molecule has 0 radical (unpaired) electrons. The average molecular weight is 171 g/mol. The van der Waals surface area contributed by atoms with Crippen molar-refractivity contribution in [3.8, 4) is 0 Å². The summed E-state index contributed by atoms with van der Waals surface area (Å²) in [7, 11) is 2.05. The maximum atomic E-state index is 4.37. The van der Waals surface area contributed by atoms with E-state index in [0.717, 1.165) is 19.0 Å². The molecule has 0 atom stereocenters. The van der Waals surface area contributed by atoms with Gasteiger partial charge < -0.3 is 10.2 Å². The van der Waals surface area contributed by atoms with E-state index in [1.54, 1.807) is 0 Å². The van der Waals surface area contributed by atoms with Crippen LogP contribution in [-0.4, -0.2) is 37.0 Å². The van der Waals surface area contributed by atoms with E-state index in [0.29, 0.717) is 6.04 Å². The van der Waals surface area contributed by atoms with E-state index in [1.165, 1.54) is 0 Å². The topological polar surface area (TPSA) is 27.6 Å². The number of guanidine groups is 1. The molecule has 0 aromatic heterocycles. The maximum Gasteiger partial charge on any atom is 0.193 e. The highest BCUT2D eigenvalue weighted by molar-refractivity contribution is 5.79. The molecule has 0 aliphatic rings. The summed E-state index contributed by atoms with van der Waals surface area (Å²) in [5, 5.41) is 3.31. The smallest absolute Gasteiger partial charge is 0.193 e. The van der Waals surface area contributed by atoms with Crippen LogP contribution in [0.3, 0.4) is 0 Å². The molecular weight excluding hydrogens is 150 g/mol. The second-order valence-corrected chi connectivity index (χ2v) is 3.11. The molecule has 0 spiro atoms. The number of nitrogens with one attached hydrogen (secondary N) is 1. The zero-order chi connectivity index (χ0) is 9.56. The van der Waals surface area contributed by atoms with Gasteiger partial charge in [-0.15, -0.1) is 0 Å². The van der Waals surface area contributed by atoms with Gasteiger partial charge in [0.1, 0.15) is 0 Å². The van der Waals surface area contributed by atoms with Crippen molar-refractivity contribution < 1.29 is 0 Å². The van der Waals surface area contributed by atoms with Crippen LogP contribution in [-0.2, 0) is 0 Å². The van der Waals surface area contributed by atoms with Crippen LogP contribution in [0.1, 0.15) is 27.7 Å². The molecule has 0 aliphatic carbocycles. The molecule has 0 unspecified atom stereocenters. The first kappa shape index (κ1) is 11.3. The maximum absolute atomic E-state index is 4.37. The molecule has 0 aliphatic heterocycles. The minimum absolute atomic E-state index is 0.448. The van der Waals surface area contributed by atoms with Crippen molar-refractivity contribution in [2.45, 2.75) is 33.7 Å². The summed E-state index contributed by atoms with van der Waals surface area (Å²) >= 11 is 0. The normalized spacial score (nSPS) is 12.0. The molecule has 3 nitrogen and oxygen atoms in total. The van der Waals surface area contributed by atoms with E-state index in [4.69, 9.17) is 0 Å². The van der Waals surface area contributed by atoms with Gasteiger partial charge in [-0.2, -0.15) is 0 Å². The summed E-state index contributed by atoms with van der Waals surface area (Å²) in [5.41, 5.74) is 0. The predicted octanol–water partition coefficient (Wildman–Crippen LogP) is 1.31. The summed E-state index contributed by atoms with van der Waals surface area (Å²) in [4.78, 5) is 6.48. The van der Waals surface area contributed by atoms with E-state index >= 15 is 0 Å². The lowest BCUT2D eigenvalue weighted by atomic mass is 10.4. The van der Waals surface area contributed by atoms with Gasteiger partial charge >= 0.3 is 0 Å². The van der Waals surface area contributed by atoms with Crippen LogP contribution in [0, 0.1) is 0 Å². The Bertz CT molecular complexity index is 141. The molecule has 0 amide bonds. The van der Waals surface area contributed by atoms with Gasteiger partial charge in [-0.3, -0.25) is 4.99 Å². The van der Waals surface area contributed by atoms with Crippen molar-refractivity contribution in [1.82, 2.24) is 10.2 Å². The summed E-state index contributed by atoms with van der Waals surface area (Å²) in [6.45, 7) is 10.2. The second-order valence-electron chi connectivity index (χ2n) is 3.11. The fraction of sp³-hybridized carbons (Fsp3) is 0.889. The Balaban J connectivity index is 4.13. The van der Waals surface area contributed by atoms with Crippen LogP contribution >= 0.6 is 0 Å². The Morgan fingerprint density at radius 3 is 2.33 bits per heavy atom. The molecule has 0 bridgehead atoms. The van der Waals surface area contributed by atoms with Crippen LogP contribution in [0.25, 0.3) is 0 Å². The fourth-order valence-corrected chi connectivity index (χ4v) is 0.834. The van der Waals surface area contributed by atoms with Crippen molar-refractivity contribution in [1.29, 1.82) is 0 Å². The average Bonchev–Trinajstić information content (AvgIpc) is 2.01. The highest BCUT2D eigenvalue weighted by atomic mass is 15.3. The van der Waals surface area contributed by atoms with Crippen molar-refractivity contribution in [2.24, 2.45) is 4.99 Å². The molecule has 0 aromatic carbocycles. The summed E-state index contributed by atoms with van der Waals surface area (Å²) in [6.07, 6.45) is 0. The van der Waals surface area contributed by atoms with Crippen LogP contribution in [0.15, 0.2) is 4.99 Å². The minimum atomic E-state index is 0.448. The molecule has 0 aromatic rings. The first-order valence-electron chi connectivity index (χ1n) is 4.63. The van der Waals surface area contributed by atoms with Gasteiger partial charge in [-0.1, -0.05) is 0 Å². The SMILES string of the molecule is CC/N=C(/NC(C)C)N(C)CC. The van der Waals surface area contributed by atoms with Crippen molar-refractivity contribution in [3.05, 3.63) is 0 Å². The van der Waals surface area contributed by atoms with E-state index in [9.17, 15) is 0 Å². The third-order valence-electron chi connectivity index (χ3n) is 1.56. The second kappa shape index (κ2) is 5.86. The van der Waals surface area contributed by atoms with Crippen LogP contribution in [0.2, 0.25) is 0 Å². The number of nitrogens with zero attached hydrogens (tertiary/aromatic N) is 2. The van der Waals surface area contributed by atoms with Gasteiger partial charge in [-0.25, -0.2) is 0 Å². The Hall–Kier alpha value is -0.730. The highest BCUT2D eigenvalue weighted by Crippen LogP contribution is 1.87. The molecule has 72 valence electrons. The van der Waals surface area contributed by atoms with E-state index in [1.807, 2.05) is 14.0 Å². The van der Waals surface area contributed by atoms with E-state index in [-0.39, 0.29) is 0 Å². The van der Waals surface area contributed by atoms with Gasteiger partial charge in [-0.05, 0) is 27.7 Å². The summed E-state index contributed by atoms with van der Waals surface area (Å²) in [6, 6.07) is 0.448. The number of hydrogen-bond donors (Lipinski definition) is 1. The Morgan fingerprint density at radius 2 is 2.00 bits per heavy atom. The standard InChI is InChI=1S/C9H21N3/c1-6-10-9(11-8(3)4)12(5)7-2/h8H,6-7H2,1-5H3,(H,10,11). The quantitative estimate of drug-likeness (QED) is 0.512. The molecule has 0 heterocycles. The van der Waals surface area contributed by atoms with E-state index in [2.05, 4.69) is 36.0 Å². The van der Waals surface area contributed by atoms with Crippen LogP contribution in [0.5, 0.6) is 0 Å². The minimum Gasteiger partial charge on any atom is -0.354 e. The zero-order valence-electron chi connectivity index (χ0n) is 8.89. The van der Waals surface area contributed by atoms with Crippen molar-refractivity contribution in [3.63, 3.8) is 0 Å². The summed E-state index contributed by atoms with van der Waals surface area (Å²) < 4.78 is 0.